The smallest absolute Gasteiger partial charge is 0.168 e. The fourth-order valence-electron chi connectivity index (χ4n) is 2.32. The number of rotatable bonds is 0. The first-order chi connectivity index (χ1) is 9.71. The number of fused-ring (bicyclic) bond motifs is 1. The Hall–Kier alpha value is -2.62. The summed E-state index contributed by atoms with van der Waals surface area (Å²) in [5.74, 6) is 5.85. The predicted molar refractivity (Wildman–Crippen MR) is 73.3 cm³/mol. The molecule has 2 aromatic rings. The largest absolute Gasteiger partial charge is 0.372 e. The number of aliphatic hydroxyl groups is 1. The maximum absolute atomic E-state index is 10.6. The molecule has 3 heteroatoms. The van der Waals surface area contributed by atoms with E-state index in [1.165, 1.54) is 0 Å². The van der Waals surface area contributed by atoms with Gasteiger partial charge in [-0.1, -0.05) is 17.9 Å². The highest BCUT2D eigenvalue weighted by atomic mass is 16.3. The molecule has 0 aliphatic heterocycles. The van der Waals surface area contributed by atoms with Crippen LogP contribution >= 0.6 is 0 Å². The second-order valence-electron chi connectivity index (χ2n) is 4.72. The first kappa shape index (κ1) is 12.4. The minimum atomic E-state index is -1.18. The molecule has 0 bridgehead atoms. The number of benzene rings is 1. The Kier molecular flexibility index (Phi) is 2.99. The SMILES string of the molecule is N#Cc1[c]cc(C#C[C@]2(O)CCc3cccnc32)cc1. The molecule has 0 unspecified atom stereocenters. The number of aromatic nitrogens is 1. The number of hydrogen-bond donors (Lipinski definition) is 1. The van der Waals surface area contributed by atoms with Crippen molar-refractivity contribution in [3.05, 3.63) is 65.0 Å². The number of nitriles is 1. The molecule has 0 spiro atoms. The molecule has 1 atom stereocenters. The average molecular weight is 259 g/mol. The third-order valence-electron chi connectivity index (χ3n) is 3.39. The van der Waals surface area contributed by atoms with E-state index in [1.807, 2.05) is 18.2 Å². The van der Waals surface area contributed by atoms with Gasteiger partial charge in [0, 0.05) is 17.8 Å². The van der Waals surface area contributed by atoms with E-state index in [2.05, 4.69) is 22.9 Å². The standard InChI is InChI=1S/C17H11N2O/c18-12-14-5-3-13(4-6-14)7-9-17(20)10-8-15-2-1-11-19-16(15)17/h1-5,11,20H,8,10H2/t17-/m0/s1. The molecule has 95 valence electrons. The zero-order valence-corrected chi connectivity index (χ0v) is 10.7. The Bertz CT molecular complexity index is 747. The van der Waals surface area contributed by atoms with Crippen molar-refractivity contribution in [2.75, 3.05) is 0 Å². The molecule has 0 saturated carbocycles. The van der Waals surface area contributed by atoms with Crippen LogP contribution in [0.5, 0.6) is 0 Å². The molecule has 1 heterocycles. The Morgan fingerprint density at radius 3 is 3.00 bits per heavy atom. The van der Waals surface area contributed by atoms with Gasteiger partial charge in [-0.3, -0.25) is 4.98 Å². The summed E-state index contributed by atoms with van der Waals surface area (Å²) >= 11 is 0. The maximum atomic E-state index is 10.6. The summed E-state index contributed by atoms with van der Waals surface area (Å²) in [5, 5.41) is 19.3. The molecule has 1 aromatic heterocycles. The third-order valence-corrected chi connectivity index (χ3v) is 3.39. The Labute approximate surface area is 117 Å². The highest BCUT2D eigenvalue weighted by molar-refractivity contribution is 5.44. The maximum Gasteiger partial charge on any atom is 0.168 e. The molecule has 1 radical (unpaired) electrons. The van der Waals surface area contributed by atoms with Gasteiger partial charge in [-0.25, -0.2) is 0 Å². The summed E-state index contributed by atoms with van der Waals surface area (Å²) in [5.41, 5.74) is 1.73. The fourth-order valence-corrected chi connectivity index (χ4v) is 2.32. The molecular weight excluding hydrogens is 248 g/mol. The Morgan fingerprint density at radius 2 is 2.25 bits per heavy atom. The van der Waals surface area contributed by atoms with Gasteiger partial charge in [-0.05, 0) is 42.7 Å². The van der Waals surface area contributed by atoms with E-state index < -0.39 is 5.60 Å². The molecular formula is C17H11N2O. The van der Waals surface area contributed by atoms with Crippen molar-refractivity contribution in [1.29, 1.82) is 5.26 Å². The van der Waals surface area contributed by atoms with Crippen molar-refractivity contribution in [3.8, 4) is 17.9 Å². The van der Waals surface area contributed by atoms with E-state index in [4.69, 9.17) is 5.26 Å². The van der Waals surface area contributed by atoms with Crippen LogP contribution in [-0.4, -0.2) is 10.1 Å². The van der Waals surface area contributed by atoms with Crippen LogP contribution in [0, 0.1) is 29.2 Å². The van der Waals surface area contributed by atoms with Gasteiger partial charge in [0.05, 0.1) is 17.3 Å². The van der Waals surface area contributed by atoms with E-state index in [0.717, 1.165) is 17.5 Å². The quantitative estimate of drug-likeness (QED) is 0.736. The van der Waals surface area contributed by atoms with Gasteiger partial charge in [0.1, 0.15) is 0 Å². The lowest BCUT2D eigenvalue weighted by Crippen LogP contribution is -2.20. The van der Waals surface area contributed by atoms with Gasteiger partial charge in [0.2, 0.25) is 0 Å². The summed E-state index contributed by atoms with van der Waals surface area (Å²) in [6.45, 7) is 0. The van der Waals surface area contributed by atoms with E-state index in [9.17, 15) is 5.11 Å². The molecule has 3 nitrogen and oxygen atoms in total. The summed E-state index contributed by atoms with van der Waals surface area (Å²) in [7, 11) is 0. The zero-order valence-electron chi connectivity index (χ0n) is 10.7. The zero-order chi connectivity index (χ0) is 14.0. The Morgan fingerprint density at radius 1 is 1.35 bits per heavy atom. The number of hydrogen-bond acceptors (Lipinski definition) is 3. The van der Waals surface area contributed by atoms with Crippen LogP contribution in [0.4, 0.5) is 0 Å². The first-order valence-electron chi connectivity index (χ1n) is 6.33. The normalized spacial score (nSPS) is 19.6. The summed E-state index contributed by atoms with van der Waals surface area (Å²) in [6, 6.07) is 13.7. The summed E-state index contributed by atoms with van der Waals surface area (Å²) in [6.07, 6.45) is 3.02. The predicted octanol–water partition coefficient (Wildman–Crippen LogP) is 1.94. The van der Waals surface area contributed by atoms with Crippen LogP contribution in [0.2, 0.25) is 0 Å². The lowest BCUT2D eigenvalue weighted by atomic mass is 10.0. The van der Waals surface area contributed by atoms with Gasteiger partial charge in [-0.2, -0.15) is 5.26 Å². The van der Waals surface area contributed by atoms with E-state index >= 15 is 0 Å². The van der Waals surface area contributed by atoms with Crippen molar-refractivity contribution >= 4 is 0 Å². The van der Waals surface area contributed by atoms with Crippen molar-refractivity contribution in [2.24, 2.45) is 0 Å². The van der Waals surface area contributed by atoms with Crippen LogP contribution in [-0.2, 0) is 12.0 Å². The van der Waals surface area contributed by atoms with Crippen LogP contribution in [0.25, 0.3) is 0 Å². The van der Waals surface area contributed by atoms with Crippen molar-refractivity contribution < 1.29 is 5.11 Å². The second-order valence-corrected chi connectivity index (χ2v) is 4.72. The molecule has 1 aliphatic carbocycles. The molecule has 1 aromatic carbocycles. The second kappa shape index (κ2) is 4.81. The van der Waals surface area contributed by atoms with Gasteiger partial charge in [0.15, 0.2) is 5.60 Å². The van der Waals surface area contributed by atoms with Gasteiger partial charge in [0.25, 0.3) is 0 Å². The highest BCUT2D eigenvalue weighted by Crippen LogP contribution is 2.34. The lowest BCUT2D eigenvalue weighted by molar-refractivity contribution is 0.0982. The molecule has 1 N–H and O–H groups in total. The van der Waals surface area contributed by atoms with E-state index in [1.54, 1.807) is 24.4 Å². The molecule has 3 rings (SSSR count). The minimum Gasteiger partial charge on any atom is -0.372 e. The lowest BCUT2D eigenvalue weighted by Gasteiger charge is -2.14. The third kappa shape index (κ3) is 2.16. The molecule has 1 aliphatic rings. The van der Waals surface area contributed by atoms with Crippen LogP contribution in [0.1, 0.15) is 28.8 Å². The monoisotopic (exact) mass is 259 g/mol. The highest BCUT2D eigenvalue weighted by Gasteiger charge is 2.36. The molecule has 0 fully saturated rings. The van der Waals surface area contributed by atoms with Crippen molar-refractivity contribution in [3.63, 3.8) is 0 Å². The van der Waals surface area contributed by atoms with Gasteiger partial charge < -0.3 is 5.11 Å². The van der Waals surface area contributed by atoms with Crippen LogP contribution in [0.3, 0.4) is 0 Å². The van der Waals surface area contributed by atoms with Gasteiger partial charge >= 0.3 is 0 Å². The van der Waals surface area contributed by atoms with Crippen molar-refractivity contribution in [2.45, 2.75) is 18.4 Å². The first-order valence-corrected chi connectivity index (χ1v) is 6.33. The topological polar surface area (TPSA) is 56.9 Å². The van der Waals surface area contributed by atoms with Crippen LogP contribution < -0.4 is 0 Å². The van der Waals surface area contributed by atoms with E-state index in [0.29, 0.717) is 17.7 Å². The van der Waals surface area contributed by atoms with Gasteiger partial charge in [-0.15, -0.1) is 0 Å². The molecule has 0 saturated heterocycles. The van der Waals surface area contributed by atoms with E-state index in [-0.39, 0.29) is 0 Å². The number of nitrogens with zero attached hydrogens (tertiary/aromatic N) is 2. The minimum absolute atomic E-state index is 0.474. The Balaban J connectivity index is 1.92. The summed E-state index contributed by atoms with van der Waals surface area (Å²) < 4.78 is 0. The number of pyridine rings is 1. The molecule has 0 amide bonds. The number of aryl methyl sites for hydroxylation is 1. The summed E-state index contributed by atoms with van der Waals surface area (Å²) in [4.78, 5) is 4.25. The van der Waals surface area contributed by atoms with Crippen molar-refractivity contribution in [1.82, 2.24) is 4.98 Å². The molecule has 20 heavy (non-hydrogen) atoms. The van der Waals surface area contributed by atoms with Crippen LogP contribution in [0.15, 0.2) is 36.5 Å². The fraction of sp³-hybridized carbons (Fsp3) is 0.176. The average Bonchev–Trinajstić information content (AvgIpc) is 2.84.